The molecule has 1 heterocycles. The van der Waals surface area contributed by atoms with Crippen LogP contribution in [-0.4, -0.2) is 95.3 Å². The van der Waals surface area contributed by atoms with Gasteiger partial charge in [-0.1, -0.05) is 203 Å². The minimum absolute atomic E-state index is 0.0700. The lowest BCUT2D eigenvalue weighted by molar-refractivity contribution is -0.122. The highest BCUT2D eigenvalue weighted by molar-refractivity contribution is 8.13. The average Bonchev–Trinajstić information content (AvgIpc) is 3.54. The molecule has 1 aliphatic heterocycles. The molecule has 79 heavy (non-hydrogen) atoms. The first kappa shape index (κ1) is 62.8. The standard InChI is InChI=1S/C34H45NO3S2Si.C30H32N2O4S2/c1-28(36)40-24-16-8-15-23-33(37)35-30(27-39-26-29-17-9-5-10-18-29)25-38-41(34(2,3)4,31-19-11-6-12-20-31)32-21-13-7-14-22-32;1-21(33)38-17-7-3-6-16-27(34)31-24(20-37-19-22-10-4-2-5-11-22)18-32-29(35)25-14-8-12-23-13-9-15-26(28(23)25)30(32)36/h5-7,9-14,17-22,30H,8,15-16,23-27H2,1-4H3,(H,35,37);2,4-5,8-15,24H,3,6-7,16-20H2,1H3,(H,31,34). The molecule has 2 unspecified atom stereocenters. The van der Waals surface area contributed by atoms with Crippen molar-refractivity contribution in [3.05, 3.63) is 180 Å². The fraction of sp³-hybridized carbons (Fsp3) is 0.375. The van der Waals surface area contributed by atoms with Crippen LogP contribution in [0.15, 0.2) is 158 Å². The fourth-order valence-corrected chi connectivity index (χ4v) is 17.6. The molecule has 2 atom stereocenters. The van der Waals surface area contributed by atoms with Gasteiger partial charge in [-0.25, -0.2) is 0 Å². The van der Waals surface area contributed by atoms with Gasteiger partial charge < -0.3 is 15.1 Å². The summed E-state index contributed by atoms with van der Waals surface area (Å²) >= 11 is 6.17. The summed E-state index contributed by atoms with van der Waals surface area (Å²) in [5, 5.41) is 10.6. The molecule has 4 amide bonds. The summed E-state index contributed by atoms with van der Waals surface area (Å²) in [7, 11) is -2.71. The normalized spacial score (nSPS) is 13.1. The van der Waals surface area contributed by atoms with Gasteiger partial charge in [0.15, 0.2) is 10.2 Å². The predicted octanol–water partition coefficient (Wildman–Crippen LogP) is 12.5. The molecule has 0 radical (unpaired) electrons. The van der Waals surface area contributed by atoms with Crippen LogP contribution in [0.25, 0.3) is 10.8 Å². The molecule has 7 rings (SSSR count). The monoisotopic (exact) mass is 1160 g/mol. The smallest absolute Gasteiger partial charge is 0.261 e. The Morgan fingerprint density at radius 2 is 0.949 bits per heavy atom. The van der Waals surface area contributed by atoms with E-state index in [1.807, 2.05) is 60.3 Å². The summed E-state index contributed by atoms with van der Waals surface area (Å²) in [4.78, 5) is 76.2. The molecule has 15 heteroatoms. The maximum atomic E-state index is 13.4. The summed E-state index contributed by atoms with van der Waals surface area (Å²) in [5.41, 5.74) is 3.49. The van der Waals surface area contributed by atoms with E-state index in [1.54, 1.807) is 37.7 Å². The zero-order chi connectivity index (χ0) is 56.5. The Labute approximate surface area is 486 Å². The summed E-state index contributed by atoms with van der Waals surface area (Å²) in [5.74, 6) is 3.92. The average molecular weight is 1160 g/mol. The van der Waals surface area contributed by atoms with Crippen LogP contribution in [0.3, 0.4) is 0 Å². The SMILES string of the molecule is CC(=O)SCCCCCC(=O)NC(CO[Si](c1ccccc1)(c1ccccc1)C(C)(C)C)CSCc1ccccc1.CC(=O)SCCCCCC(=O)NC(CSCc1ccccc1)CN1C(=O)c2cccc3cccc(c23)C1=O. The van der Waals surface area contributed by atoms with Crippen LogP contribution in [0.2, 0.25) is 5.04 Å². The second kappa shape index (κ2) is 32.7. The van der Waals surface area contributed by atoms with E-state index in [4.69, 9.17) is 4.43 Å². The van der Waals surface area contributed by atoms with Gasteiger partial charge in [0.25, 0.3) is 20.1 Å². The minimum atomic E-state index is -2.71. The highest BCUT2D eigenvalue weighted by Gasteiger charge is 2.50. The van der Waals surface area contributed by atoms with Crippen molar-refractivity contribution < 1.29 is 33.2 Å². The maximum Gasteiger partial charge on any atom is 0.261 e. The number of nitrogens with zero attached hydrogens (tertiary/aromatic N) is 1. The first-order chi connectivity index (χ1) is 38.2. The van der Waals surface area contributed by atoms with Gasteiger partial charge in [-0.3, -0.25) is 33.7 Å². The maximum absolute atomic E-state index is 13.4. The molecule has 2 N–H and O–H groups in total. The van der Waals surface area contributed by atoms with Crippen LogP contribution in [0, 0.1) is 0 Å². The molecular formula is C64H77N3O7S4Si. The van der Waals surface area contributed by atoms with E-state index in [9.17, 15) is 28.8 Å². The van der Waals surface area contributed by atoms with Crippen molar-refractivity contribution in [2.24, 2.45) is 0 Å². The van der Waals surface area contributed by atoms with Crippen LogP contribution in [-0.2, 0) is 35.1 Å². The summed E-state index contributed by atoms with van der Waals surface area (Å²) < 4.78 is 7.19. The molecule has 0 spiro atoms. The van der Waals surface area contributed by atoms with Gasteiger partial charge in [0.2, 0.25) is 11.8 Å². The highest BCUT2D eigenvalue weighted by atomic mass is 32.2. The number of thioether (sulfide) groups is 4. The molecule has 0 aliphatic carbocycles. The molecular weight excluding hydrogens is 1080 g/mol. The number of nitrogens with one attached hydrogen (secondary N) is 2. The van der Waals surface area contributed by atoms with E-state index in [0.717, 1.165) is 72.7 Å². The van der Waals surface area contributed by atoms with Crippen molar-refractivity contribution >= 4 is 110 Å². The Balaban J connectivity index is 0.000000256. The minimum Gasteiger partial charge on any atom is -0.405 e. The summed E-state index contributed by atoms with van der Waals surface area (Å²) in [6, 6.07) is 52.3. The number of rotatable bonds is 29. The van der Waals surface area contributed by atoms with Gasteiger partial charge in [-0.05, 0) is 69.7 Å². The molecule has 10 nitrogen and oxygen atoms in total. The number of carbonyl (C=O) groups excluding carboxylic acids is 6. The molecule has 6 aromatic rings. The van der Waals surface area contributed by atoms with Crippen molar-refractivity contribution in [2.45, 2.75) is 115 Å². The van der Waals surface area contributed by atoms with Crippen LogP contribution in [0.1, 0.15) is 118 Å². The number of hydrogen-bond acceptors (Lipinski definition) is 11. The van der Waals surface area contributed by atoms with Crippen molar-refractivity contribution in [1.82, 2.24) is 15.5 Å². The van der Waals surface area contributed by atoms with Gasteiger partial charge >= 0.3 is 0 Å². The van der Waals surface area contributed by atoms with E-state index < -0.39 is 8.32 Å². The molecule has 0 saturated carbocycles. The van der Waals surface area contributed by atoms with E-state index in [-0.39, 0.29) is 57.5 Å². The summed E-state index contributed by atoms with van der Waals surface area (Å²) in [6.07, 6.45) is 6.05. The van der Waals surface area contributed by atoms with E-state index >= 15 is 0 Å². The number of hydrogen-bond donors (Lipinski definition) is 2. The molecule has 0 aromatic heterocycles. The Morgan fingerprint density at radius 1 is 0.532 bits per heavy atom. The van der Waals surface area contributed by atoms with Crippen molar-refractivity contribution in [2.75, 3.05) is 36.2 Å². The second-order valence-electron chi connectivity index (χ2n) is 20.7. The largest absolute Gasteiger partial charge is 0.405 e. The van der Waals surface area contributed by atoms with Crippen LogP contribution in [0.5, 0.6) is 0 Å². The number of unbranched alkanes of at least 4 members (excludes halogenated alkanes) is 4. The molecule has 0 fully saturated rings. The van der Waals surface area contributed by atoms with Crippen LogP contribution in [0.4, 0.5) is 0 Å². The molecule has 0 saturated heterocycles. The van der Waals surface area contributed by atoms with Gasteiger partial charge in [-0.2, -0.15) is 23.5 Å². The second-order valence-corrected chi connectivity index (χ2v) is 29.6. The Hall–Kier alpha value is -5.42. The summed E-state index contributed by atoms with van der Waals surface area (Å²) in [6.45, 7) is 10.6. The predicted molar refractivity (Wildman–Crippen MR) is 335 cm³/mol. The van der Waals surface area contributed by atoms with Crippen molar-refractivity contribution in [3.8, 4) is 0 Å². The lowest BCUT2D eigenvalue weighted by atomic mass is 9.94. The van der Waals surface area contributed by atoms with E-state index in [2.05, 4.69) is 128 Å². The molecule has 6 aromatic carbocycles. The third-order valence-electron chi connectivity index (χ3n) is 13.5. The van der Waals surface area contributed by atoms with E-state index in [1.165, 1.54) is 49.9 Å². The highest BCUT2D eigenvalue weighted by Crippen LogP contribution is 2.37. The zero-order valence-corrected chi connectivity index (χ0v) is 50.7. The number of amides is 4. The number of carbonyl (C=O) groups is 6. The van der Waals surface area contributed by atoms with Crippen molar-refractivity contribution in [3.63, 3.8) is 0 Å². The van der Waals surface area contributed by atoms with Crippen LogP contribution < -0.4 is 21.0 Å². The topological polar surface area (TPSA) is 139 Å². The first-order valence-corrected chi connectivity index (χ1v) is 33.6. The molecule has 0 bridgehead atoms. The lowest BCUT2D eigenvalue weighted by Crippen LogP contribution is -2.67. The quantitative estimate of drug-likeness (QED) is 0.0264. The Kier molecular flexibility index (Phi) is 26.0. The fourth-order valence-electron chi connectivity index (χ4n) is 9.67. The third kappa shape index (κ3) is 19.7. The first-order valence-electron chi connectivity index (χ1n) is 27.4. The third-order valence-corrected chi connectivity index (χ3v) is 22.6. The van der Waals surface area contributed by atoms with Gasteiger partial charge in [-0.15, -0.1) is 0 Å². The number of imide groups is 1. The van der Waals surface area contributed by atoms with Crippen molar-refractivity contribution in [1.29, 1.82) is 0 Å². The van der Waals surface area contributed by atoms with Gasteiger partial charge in [0.05, 0.1) is 25.2 Å². The molecule has 1 aliphatic rings. The Morgan fingerprint density at radius 3 is 1.38 bits per heavy atom. The zero-order valence-electron chi connectivity index (χ0n) is 46.4. The van der Waals surface area contributed by atoms with Gasteiger partial charge in [0, 0.05) is 77.7 Å². The lowest BCUT2D eigenvalue weighted by Gasteiger charge is -2.43. The molecule has 418 valence electrons. The van der Waals surface area contributed by atoms with Gasteiger partial charge in [0.1, 0.15) is 0 Å². The Bertz CT molecular complexity index is 2800. The van der Waals surface area contributed by atoms with E-state index in [0.29, 0.717) is 41.7 Å². The number of benzene rings is 6. The van der Waals surface area contributed by atoms with Crippen LogP contribution >= 0.6 is 47.0 Å².